The van der Waals surface area contributed by atoms with Gasteiger partial charge in [-0.1, -0.05) is 0 Å². The third kappa shape index (κ3) is 3.26. The van der Waals surface area contributed by atoms with Crippen LogP contribution in [-0.2, 0) is 21.8 Å². The molecule has 1 amide bonds. The number of nitrogens with zero attached hydrogens (tertiary/aromatic N) is 2. The molecule has 1 aromatic heterocycles. The van der Waals surface area contributed by atoms with Gasteiger partial charge in [-0.3, -0.25) is 4.79 Å². The van der Waals surface area contributed by atoms with Gasteiger partial charge in [-0.05, 0) is 27.2 Å². The fourth-order valence-electron chi connectivity index (χ4n) is 2.05. The zero-order valence-electron chi connectivity index (χ0n) is 11.6. The number of amides is 1. The molecule has 0 spiro atoms. The zero-order chi connectivity index (χ0) is 14.0. The van der Waals surface area contributed by atoms with Crippen molar-refractivity contribution in [1.82, 2.24) is 9.78 Å². The Labute approximate surface area is 123 Å². The van der Waals surface area contributed by atoms with E-state index in [1.165, 1.54) is 5.56 Å². The lowest BCUT2D eigenvalue weighted by atomic mass is 10.1. The van der Waals surface area contributed by atoms with Gasteiger partial charge in [-0.2, -0.15) is 16.9 Å². The summed E-state index contributed by atoms with van der Waals surface area (Å²) in [5.41, 5.74) is 2.15. The van der Waals surface area contributed by atoms with Gasteiger partial charge < -0.3 is 5.32 Å². The van der Waals surface area contributed by atoms with Crippen molar-refractivity contribution in [3.8, 4) is 0 Å². The first-order valence-electron chi connectivity index (χ1n) is 6.48. The summed E-state index contributed by atoms with van der Waals surface area (Å²) >= 11 is 7.46. The molecule has 0 atom stereocenters. The highest BCUT2D eigenvalue weighted by Gasteiger charge is 2.28. The molecule has 4 nitrogen and oxygen atoms in total. The van der Waals surface area contributed by atoms with Crippen LogP contribution < -0.4 is 5.32 Å². The lowest BCUT2D eigenvalue weighted by Gasteiger charge is -2.23. The van der Waals surface area contributed by atoms with E-state index in [2.05, 4.69) is 31.2 Å². The fraction of sp³-hybridized carbons (Fsp3) is 0.692. The third-order valence-electron chi connectivity index (χ3n) is 2.98. The smallest absolute Gasteiger partial charge is 0.225 e. The summed E-state index contributed by atoms with van der Waals surface area (Å²) in [5, 5.41) is 7.67. The number of hydrogen-bond donors (Lipinski definition) is 1. The second-order valence-electron chi connectivity index (χ2n) is 5.69. The molecule has 2 rings (SSSR count). The number of alkyl halides is 1. The number of nitrogens with one attached hydrogen (secondary N) is 1. The number of carbonyl (C=O) groups is 1. The van der Waals surface area contributed by atoms with Crippen LogP contribution in [0, 0.1) is 0 Å². The summed E-state index contributed by atoms with van der Waals surface area (Å²) in [4.78, 5) is 11.9. The molecule has 0 saturated heterocycles. The van der Waals surface area contributed by atoms with Gasteiger partial charge in [0.25, 0.3) is 0 Å². The molecule has 6 heteroatoms. The van der Waals surface area contributed by atoms with Crippen LogP contribution in [-0.4, -0.2) is 21.6 Å². The lowest BCUT2D eigenvalue weighted by molar-refractivity contribution is -0.116. The Hall–Kier alpha value is -0.680. The second-order valence-corrected chi connectivity index (χ2v) is 7.05. The Morgan fingerprint density at radius 2 is 2.21 bits per heavy atom. The highest BCUT2D eigenvalue weighted by atomic mass is 35.5. The molecule has 0 unspecified atom stereocenters. The maximum atomic E-state index is 11.9. The van der Waals surface area contributed by atoms with E-state index in [0.717, 1.165) is 23.0 Å². The van der Waals surface area contributed by atoms with Gasteiger partial charge in [0.1, 0.15) is 5.82 Å². The molecular weight excluding hydrogens is 282 g/mol. The SMILES string of the molecule is CC(C)(C)n1nc2c(c1NC(=O)CCCCl)CSC2. The van der Waals surface area contributed by atoms with E-state index in [0.29, 0.717) is 18.7 Å². The quantitative estimate of drug-likeness (QED) is 0.868. The van der Waals surface area contributed by atoms with Gasteiger partial charge in [-0.15, -0.1) is 11.6 Å². The first-order valence-corrected chi connectivity index (χ1v) is 8.17. The molecule has 0 fully saturated rings. The van der Waals surface area contributed by atoms with Crippen LogP contribution in [0.1, 0.15) is 44.9 Å². The number of carbonyl (C=O) groups excluding carboxylic acids is 1. The molecule has 0 radical (unpaired) electrons. The molecule has 0 aliphatic carbocycles. The molecule has 1 aliphatic heterocycles. The Balaban J connectivity index is 2.25. The Kier molecular flexibility index (Phi) is 4.46. The number of halogens is 1. The second kappa shape index (κ2) is 5.75. The molecule has 0 aromatic carbocycles. The fourth-order valence-corrected chi connectivity index (χ4v) is 3.22. The van der Waals surface area contributed by atoms with Crippen molar-refractivity contribution in [2.75, 3.05) is 11.2 Å². The molecule has 2 heterocycles. The number of hydrogen-bond acceptors (Lipinski definition) is 3. The first kappa shape index (κ1) is 14.7. The summed E-state index contributed by atoms with van der Waals surface area (Å²) in [5.74, 6) is 3.26. The van der Waals surface area contributed by atoms with Gasteiger partial charge in [0.05, 0.1) is 11.2 Å². The van der Waals surface area contributed by atoms with Crippen molar-refractivity contribution >= 4 is 35.1 Å². The lowest BCUT2D eigenvalue weighted by Crippen LogP contribution is -2.27. The molecule has 0 saturated carbocycles. The average molecular weight is 302 g/mol. The van der Waals surface area contributed by atoms with Crippen LogP contribution in [0.15, 0.2) is 0 Å². The van der Waals surface area contributed by atoms with E-state index in [1.807, 2.05) is 16.4 Å². The molecule has 1 aromatic rings. The van der Waals surface area contributed by atoms with Crippen LogP contribution in [0.4, 0.5) is 5.82 Å². The van der Waals surface area contributed by atoms with Crippen molar-refractivity contribution in [3.63, 3.8) is 0 Å². The zero-order valence-corrected chi connectivity index (χ0v) is 13.2. The summed E-state index contributed by atoms with van der Waals surface area (Å²) < 4.78 is 1.94. The highest BCUT2D eigenvalue weighted by Crippen LogP contribution is 2.37. The average Bonchev–Trinajstić information content (AvgIpc) is 2.88. The molecule has 106 valence electrons. The van der Waals surface area contributed by atoms with Gasteiger partial charge in [0.2, 0.25) is 5.91 Å². The highest BCUT2D eigenvalue weighted by molar-refractivity contribution is 7.98. The minimum absolute atomic E-state index is 0.0192. The normalized spacial score (nSPS) is 14.5. The van der Waals surface area contributed by atoms with Crippen molar-refractivity contribution in [2.24, 2.45) is 0 Å². The van der Waals surface area contributed by atoms with E-state index in [1.54, 1.807) is 0 Å². The van der Waals surface area contributed by atoms with E-state index < -0.39 is 0 Å². The Morgan fingerprint density at radius 1 is 1.47 bits per heavy atom. The number of anilines is 1. The van der Waals surface area contributed by atoms with E-state index in [-0.39, 0.29) is 11.4 Å². The number of rotatable bonds is 4. The van der Waals surface area contributed by atoms with Crippen molar-refractivity contribution in [2.45, 2.75) is 50.7 Å². The topological polar surface area (TPSA) is 46.9 Å². The van der Waals surface area contributed by atoms with Crippen LogP contribution in [0.3, 0.4) is 0 Å². The standard InChI is InChI=1S/C13H20ClN3OS/c1-13(2,3)17-12(15-11(18)5-4-6-14)9-7-19-8-10(9)16-17/h4-8H2,1-3H3,(H,15,18). The predicted octanol–water partition coefficient (Wildman–Crippen LogP) is 3.34. The van der Waals surface area contributed by atoms with Gasteiger partial charge in [-0.25, -0.2) is 4.68 Å². The van der Waals surface area contributed by atoms with Gasteiger partial charge >= 0.3 is 0 Å². The maximum absolute atomic E-state index is 11.9. The van der Waals surface area contributed by atoms with Crippen molar-refractivity contribution < 1.29 is 4.79 Å². The van der Waals surface area contributed by atoms with Crippen LogP contribution in [0.2, 0.25) is 0 Å². The van der Waals surface area contributed by atoms with E-state index in [9.17, 15) is 4.79 Å². The van der Waals surface area contributed by atoms with Gasteiger partial charge in [0.15, 0.2) is 0 Å². The molecule has 1 N–H and O–H groups in total. The van der Waals surface area contributed by atoms with E-state index >= 15 is 0 Å². The number of thioether (sulfide) groups is 1. The summed E-state index contributed by atoms with van der Waals surface area (Å²) in [7, 11) is 0. The van der Waals surface area contributed by atoms with E-state index in [4.69, 9.17) is 11.6 Å². The Bertz CT molecular complexity index is 479. The maximum Gasteiger partial charge on any atom is 0.225 e. The summed E-state index contributed by atoms with van der Waals surface area (Å²) in [6.45, 7) is 6.28. The minimum atomic E-state index is -0.135. The van der Waals surface area contributed by atoms with Gasteiger partial charge in [0, 0.05) is 29.4 Å². The summed E-state index contributed by atoms with van der Waals surface area (Å²) in [6, 6.07) is 0. The molecule has 0 bridgehead atoms. The van der Waals surface area contributed by atoms with Crippen LogP contribution >= 0.6 is 23.4 Å². The predicted molar refractivity (Wildman–Crippen MR) is 80.8 cm³/mol. The monoisotopic (exact) mass is 301 g/mol. The first-order chi connectivity index (χ1) is 8.93. The van der Waals surface area contributed by atoms with Crippen LogP contribution in [0.25, 0.3) is 0 Å². The largest absolute Gasteiger partial charge is 0.311 e. The minimum Gasteiger partial charge on any atom is -0.311 e. The van der Waals surface area contributed by atoms with Crippen LogP contribution in [0.5, 0.6) is 0 Å². The third-order valence-corrected chi connectivity index (χ3v) is 4.22. The molecular formula is C13H20ClN3OS. The molecule has 1 aliphatic rings. The summed E-state index contributed by atoms with van der Waals surface area (Å²) in [6.07, 6.45) is 1.16. The number of aromatic nitrogens is 2. The number of fused-ring (bicyclic) bond motifs is 1. The van der Waals surface area contributed by atoms with Crippen molar-refractivity contribution in [1.29, 1.82) is 0 Å². The Morgan fingerprint density at radius 3 is 2.84 bits per heavy atom. The molecule has 19 heavy (non-hydrogen) atoms. The van der Waals surface area contributed by atoms with Crippen molar-refractivity contribution in [3.05, 3.63) is 11.3 Å².